The van der Waals surface area contributed by atoms with Crippen LogP contribution in [0.15, 0.2) is 12.4 Å². The number of amides is 2. The lowest BCUT2D eigenvalue weighted by molar-refractivity contribution is 0.0564. The molecular formula is C11H16N4O2. The maximum atomic E-state index is 11.9. The molecule has 2 heterocycles. The van der Waals surface area contributed by atoms with Crippen LogP contribution in [-0.4, -0.2) is 47.2 Å². The topological polar surface area (TPSA) is 67.4 Å². The minimum absolute atomic E-state index is 0.143. The van der Waals surface area contributed by atoms with Crippen LogP contribution in [0.25, 0.3) is 0 Å². The molecule has 6 heteroatoms. The van der Waals surface area contributed by atoms with Gasteiger partial charge in [-0.1, -0.05) is 6.92 Å². The monoisotopic (exact) mass is 236 g/mol. The average Bonchev–Trinajstić information content (AvgIpc) is 2.40. The molecule has 1 aliphatic heterocycles. The number of nitrogens with zero attached hydrogens (tertiary/aromatic N) is 3. The summed E-state index contributed by atoms with van der Waals surface area (Å²) < 4.78 is 5.19. The Balaban J connectivity index is 1.96. The van der Waals surface area contributed by atoms with E-state index in [2.05, 4.69) is 15.3 Å². The molecule has 0 saturated carbocycles. The minimum atomic E-state index is -0.143. The van der Waals surface area contributed by atoms with E-state index in [1.54, 1.807) is 17.3 Å². The number of hydrogen-bond acceptors (Lipinski definition) is 4. The van der Waals surface area contributed by atoms with E-state index in [1.165, 1.54) is 0 Å². The fraction of sp³-hybridized carbons (Fsp3) is 0.545. The molecule has 0 radical (unpaired) electrons. The normalized spacial score (nSPS) is 15.7. The highest BCUT2D eigenvalue weighted by Gasteiger charge is 2.17. The van der Waals surface area contributed by atoms with E-state index in [9.17, 15) is 4.79 Å². The molecular weight excluding hydrogens is 220 g/mol. The molecule has 92 valence electrons. The summed E-state index contributed by atoms with van der Waals surface area (Å²) in [7, 11) is 0. The zero-order valence-corrected chi connectivity index (χ0v) is 9.85. The second-order valence-corrected chi connectivity index (χ2v) is 3.78. The first-order chi connectivity index (χ1) is 8.29. The fourth-order valence-electron chi connectivity index (χ4n) is 1.59. The van der Waals surface area contributed by atoms with E-state index in [0.717, 1.165) is 12.1 Å². The van der Waals surface area contributed by atoms with Crippen molar-refractivity contribution in [2.45, 2.75) is 13.3 Å². The Kier molecular flexibility index (Phi) is 3.87. The van der Waals surface area contributed by atoms with E-state index in [1.807, 2.05) is 6.92 Å². The van der Waals surface area contributed by atoms with E-state index in [-0.39, 0.29) is 6.03 Å². The van der Waals surface area contributed by atoms with Crippen LogP contribution in [0.3, 0.4) is 0 Å². The van der Waals surface area contributed by atoms with Crippen LogP contribution in [0, 0.1) is 0 Å². The molecule has 1 aliphatic rings. The number of rotatable bonds is 2. The van der Waals surface area contributed by atoms with Gasteiger partial charge in [-0.05, 0) is 6.42 Å². The number of carbonyl (C=O) groups excluding carboxylic acids is 1. The van der Waals surface area contributed by atoms with Crippen LogP contribution in [0.5, 0.6) is 0 Å². The Morgan fingerprint density at radius 3 is 2.94 bits per heavy atom. The Labute approximate surface area is 100 Å². The van der Waals surface area contributed by atoms with Crippen LogP contribution < -0.4 is 5.32 Å². The molecule has 1 fully saturated rings. The number of urea groups is 1. The van der Waals surface area contributed by atoms with Crippen LogP contribution >= 0.6 is 0 Å². The predicted molar refractivity (Wildman–Crippen MR) is 62.8 cm³/mol. The van der Waals surface area contributed by atoms with E-state index in [0.29, 0.717) is 32.1 Å². The zero-order chi connectivity index (χ0) is 12.1. The molecule has 0 unspecified atom stereocenters. The third-order valence-corrected chi connectivity index (χ3v) is 2.58. The SMILES string of the molecule is CCc1cncc(NC(=O)N2CCOCC2)n1. The van der Waals surface area contributed by atoms with Crippen molar-refractivity contribution in [3.8, 4) is 0 Å². The van der Waals surface area contributed by atoms with Crippen molar-refractivity contribution in [3.63, 3.8) is 0 Å². The van der Waals surface area contributed by atoms with Crippen molar-refractivity contribution in [1.29, 1.82) is 0 Å². The minimum Gasteiger partial charge on any atom is -0.378 e. The molecule has 0 atom stereocenters. The van der Waals surface area contributed by atoms with Gasteiger partial charge < -0.3 is 9.64 Å². The number of aromatic nitrogens is 2. The third-order valence-electron chi connectivity index (χ3n) is 2.58. The van der Waals surface area contributed by atoms with Gasteiger partial charge in [-0.15, -0.1) is 0 Å². The quantitative estimate of drug-likeness (QED) is 0.828. The van der Waals surface area contributed by atoms with E-state index < -0.39 is 0 Å². The third kappa shape index (κ3) is 3.13. The fourth-order valence-corrected chi connectivity index (χ4v) is 1.59. The van der Waals surface area contributed by atoms with Crippen molar-refractivity contribution in [2.24, 2.45) is 0 Å². The summed E-state index contributed by atoms with van der Waals surface area (Å²) in [6.07, 6.45) is 4.05. The Hall–Kier alpha value is -1.69. The molecule has 2 amide bonds. The lowest BCUT2D eigenvalue weighted by Gasteiger charge is -2.26. The van der Waals surface area contributed by atoms with Gasteiger partial charge in [0.05, 0.1) is 25.1 Å². The summed E-state index contributed by atoms with van der Waals surface area (Å²) in [5, 5.41) is 2.74. The van der Waals surface area contributed by atoms with E-state index in [4.69, 9.17) is 4.74 Å². The molecule has 0 spiro atoms. The summed E-state index contributed by atoms with van der Waals surface area (Å²) in [6, 6.07) is -0.143. The molecule has 0 aromatic carbocycles. The maximum absolute atomic E-state index is 11.9. The molecule has 1 saturated heterocycles. The first-order valence-electron chi connectivity index (χ1n) is 5.74. The number of anilines is 1. The van der Waals surface area contributed by atoms with E-state index >= 15 is 0 Å². The summed E-state index contributed by atoms with van der Waals surface area (Å²) in [6.45, 7) is 4.42. The van der Waals surface area contributed by atoms with Gasteiger partial charge in [0, 0.05) is 19.3 Å². The number of morpholine rings is 1. The predicted octanol–water partition coefficient (Wildman–Crippen LogP) is 0.903. The van der Waals surface area contributed by atoms with Crippen molar-refractivity contribution < 1.29 is 9.53 Å². The number of carbonyl (C=O) groups is 1. The summed E-state index contributed by atoms with van der Waals surface area (Å²) in [4.78, 5) is 21.9. The van der Waals surface area contributed by atoms with Gasteiger partial charge in [-0.2, -0.15) is 0 Å². The lowest BCUT2D eigenvalue weighted by atomic mass is 10.3. The van der Waals surface area contributed by atoms with Crippen molar-refractivity contribution in [3.05, 3.63) is 18.1 Å². The number of aryl methyl sites for hydroxylation is 1. The number of hydrogen-bond donors (Lipinski definition) is 1. The first kappa shape index (κ1) is 11.8. The molecule has 2 rings (SSSR count). The van der Waals surface area contributed by atoms with Crippen LogP contribution in [-0.2, 0) is 11.2 Å². The Morgan fingerprint density at radius 2 is 2.24 bits per heavy atom. The molecule has 0 bridgehead atoms. The van der Waals surface area contributed by atoms with Crippen molar-refractivity contribution in [2.75, 3.05) is 31.6 Å². The number of ether oxygens (including phenoxy) is 1. The molecule has 1 aromatic rings. The number of nitrogens with one attached hydrogen (secondary N) is 1. The highest BCUT2D eigenvalue weighted by Crippen LogP contribution is 2.05. The van der Waals surface area contributed by atoms with Crippen molar-refractivity contribution in [1.82, 2.24) is 14.9 Å². The van der Waals surface area contributed by atoms with Crippen molar-refractivity contribution >= 4 is 11.8 Å². The highest BCUT2D eigenvalue weighted by atomic mass is 16.5. The van der Waals surface area contributed by atoms with Gasteiger partial charge in [-0.25, -0.2) is 9.78 Å². The largest absolute Gasteiger partial charge is 0.378 e. The Bertz CT molecular complexity index is 391. The first-order valence-corrected chi connectivity index (χ1v) is 5.74. The van der Waals surface area contributed by atoms with Crippen LogP contribution in [0.1, 0.15) is 12.6 Å². The average molecular weight is 236 g/mol. The lowest BCUT2D eigenvalue weighted by Crippen LogP contribution is -2.43. The highest BCUT2D eigenvalue weighted by molar-refractivity contribution is 5.88. The summed E-state index contributed by atoms with van der Waals surface area (Å²) >= 11 is 0. The molecule has 0 aliphatic carbocycles. The van der Waals surface area contributed by atoms with Gasteiger partial charge in [0.1, 0.15) is 0 Å². The standard InChI is InChI=1S/C11H16N4O2/c1-2-9-7-12-8-10(13-9)14-11(16)15-3-5-17-6-4-15/h7-8H,2-6H2,1H3,(H,13,14,16). The zero-order valence-electron chi connectivity index (χ0n) is 9.85. The second-order valence-electron chi connectivity index (χ2n) is 3.78. The smallest absolute Gasteiger partial charge is 0.323 e. The summed E-state index contributed by atoms with van der Waals surface area (Å²) in [5.74, 6) is 0.501. The van der Waals surface area contributed by atoms with Crippen LogP contribution in [0.2, 0.25) is 0 Å². The van der Waals surface area contributed by atoms with Gasteiger partial charge in [-0.3, -0.25) is 10.3 Å². The molecule has 1 N–H and O–H groups in total. The molecule has 17 heavy (non-hydrogen) atoms. The maximum Gasteiger partial charge on any atom is 0.323 e. The van der Waals surface area contributed by atoms with Crippen LogP contribution in [0.4, 0.5) is 10.6 Å². The van der Waals surface area contributed by atoms with Gasteiger partial charge >= 0.3 is 6.03 Å². The van der Waals surface area contributed by atoms with Gasteiger partial charge in [0.2, 0.25) is 0 Å². The molecule has 6 nitrogen and oxygen atoms in total. The Morgan fingerprint density at radius 1 is 1.47 bits per heavy atom. The van der Waals surface area contributed by atoms with Gasteiger partial charge in [0.15, 0.2) is 5.82 Å². The summed E-state index contributed by atoms with van der Waals surface area (Å²) in [5.41, 5.74) is 0.866. The van der Waals surface area contributed by atoms with Gasteiger partial charge in [0.25, 0.3) is 0 Å². The second kappa shape index (κ2) is 5.58. The molecule has 1 aromatic heterocycles.